The van der Waals surface area contributed by atoms with Crippen molar-refractivity contribution in [2.45, 2.75) is 13.0 Å². The molecule has 9 nitrogen and oxygen atoms in total. The van der Waals surface area contributed by atoms with Crippen LogP contribution in [-0.2, 0) is 14.3 Å². The lowest BCUT2D eigenvalue weighted by Crippen LogP contribution is -2.29. The number of hydrogen-bond donors (Lipinski definition) is 1. The first kappa shape index (κ1) is 23.1. The third-order valence-electron chi connectivity index (χ3n) is 5.38. The molecule has 0 unspecified atom stereocenters. The lowest BCUT2D eigenvalue weighted by molar-refractivity contribution is -0.132. The van der Waals surface area contributed by atoms with Gasteiger partial charge < -0.3 is 19.1 Å². The molecule has 4 rings (SSSR count). The van der Waals surface area contributed by atoms with Gasteiger partial charge in [0.1, 0.15) is 17.3 Å². The fraction of sp³-hybridized carbons (Fsp3) is 0.167. The number of carbonyl (C=O) groups excluding carboxylic acids is 3. The third-order valence-corrected chi connectivity index (χ3v) is 5.67. The van der Waals surface area contributed by atoms with Crippen molar-refractivity contribution in [2.24, 2.45) is 0 Å². The Labute approximate surface area is 199 Å². The lowest BCUT2D eigenvalue weighted by Gasteiger charge is -2.23. The first-order valence-electron chi connectivity index (χ1n) is 10.0. The molecular weight excluding hydrogens is 464 g/mol. The number of aromatic nitrogens is 1. The molecule has 1 atom stereocenters. The summed E-state index contributed by atoms with van der Waals surface area (Å²) in [5, 5.41) is 15.2. The van der Waals surface area contributed by atoms with E-state index in [0.29, 0.717) is 17.1 Å². The smallest absolute Gasteiger partial charge is 0.337 e. The number of methoxy groups -OCH3 is 2. The zero-order valence-electron chi connectivity index (χ0n) is 18.4. The zero-order chi connectivity index (χ0) is 24.6. The number of aliphatic hydroxyl groups is 1. The molecule has 1 saturated heterocycles. The van der Waals surface area contributed by atoms with Gasteiger partial charge in [-0.2, -0.15) is 0 Å². The van der Waals surface area contributed by atoms with E-state index in [1.807, 2.05) is 0 Å². The quantitative estimate of drug-likeness (QED) is 0.250. The van der Waals surface area contributed by atoms with Gasteiger partial charge >= 0.3 is 11.9 Å². The number of carbonyl (C=O) groups is 3. The van der Waals surface area contributed by atoms with Crippen molar-refractivity contribution < 1.29 is 33.5 Å². The van der Waals surface area contributed by atoms with Gasteiger partial charge in [-0.25, -0.2) is 4.79 Å². The van der Waals surface area contributed by atoms with Crippen LogP contribution in [0.4, 0.5) is 5.82 Å². The van der Waals surface area contributed by atoms with E-state index < -0.39 is 29.5 Å². The maximum Gasteiger partial charge on any atom is 0.337 e. The molecule has 1 fully saturated rings. The number of amides is 1. The summed E-state index contributed by atoms with van der Waals surface area (Å²) in [6.07, 6.45) is 0. The highest BCUT2D eigenvalue weighted by molar-refractivity contribution is 6.51. The minimum atomic E-state index is -1.04. The lowest BCUT2D eigenvalue weighted by atomic mass is 9.94. The van der Waals surface area contributed by atoms with Crippen LogP contribution in [0.15, 0.2) is 58.6 Å². The SMILES string of the molecule is COC(=O)c1ccc([C@H]2C(=C(O)c3ccc(OC)c(Cl)c3)C(=O)C(=O)N2c2cc(C)on2)cc1. The Hall–Kier alpha value is -4.11. The minimum absolute atomic E-state index is 0.105. The molecule has 10 heteroatoms. The number of ether oxygens (including phenoxy) is 2. The summed E-state index contributed by atoms with van der Waals surface area (Å²) in [5.74, 6) is -1.85. The van der Waals surface area contributed by atoms with Gasteiger partial charge in [-0.05, 0) is 42.8 Å². The van der Waals surface area contributed by atoms with Crippen LogP contribution in [0.25, 0.3) is 5.76 Å². The molecule has 0 radical (unpaired) electrons. The van der Waals surface area contributed by atoms with Gasteiger partial charge in [-0.3, -0.25) is 14.5 Å². The number of halogens is 1. The van der Waals surface area contributed by atoms with Gasteiger partial charge in [0.2, 0.25) is 0 Å². The van der Waals surface area contributed by atoms with Crippen molar-refractivity contribution in [3.8, 4) is 5.75 Å². The second-order valence-corrected chi connectivity index (χ2v) is 7.83. The molecule has 1 aromatic heterocycles. The summed E-state index contributed by atoms with van der Waals surface area (Å²) < 4.78 is 15.0. The van der Waals surface area contributed by atoms with Gasteiger partial charge in [0, 0.05) is 11.6 Å². The molecule has 1 aliphatic rings. The maximum absolute atomic E-state index is 13.1. The zero-order valence-corrected chi connectivity index (χ0v) is 19.1. The van der Waals surface area contributed by atoms with Crippen LogP contribution in [0.3, 0.4) is 0 Å². The highest BCUT2D eigenvalue weighted by Gasteiger charge is 2.48. The molecule has 1 N–H and O–H groups in total. The number of esters is 1. The summed E-state index contributed by atoms with van der Waals surface area (Å²) in [7, 11) is 2.71. The molecule has 2 heterocycles. The van der Waals surface area contributed by atoms with E-state index in [4.69, 9.17) is 25.6 Å². The van der Waals surface area contributed by atoms with Crippen LogP contribution < -0.4 is 9.64 Å². The van der Waals surface area contributed by atoms with Crippen LogP contribution in [0.1, 0.15) is 33.3 Å². The number of hydrogen-bond acceptors (Lipinski definition) is 8. The Bertz CT molecular complexity index is 1330. The van der Waals surface area contributed by atoms with Crippen LogP contribution in [0, 0.1) is 6.92 Å². The summed E-state index contributed by atoms with van der Waals surface area (Å²) in [4.78, 5) is 39.2. The van der Waals surface area contributed by atoms with Crippen LogP contribution >= 0.6 is 11.6 Å². The first-order chi connectivity index (χ1) is 16.3. The molecule has 0 aliphatic carbocycles. The van der Waals surface area contributed by atoms with Crippen molar-refractivity contribution in [3.05, 3.63) is 81.6 Å². The Kier molecular flexibility index (Phi) is 6.12. The highest BCUT2D eigenvalue weighted by Crippen LogP contribution is 2.42. The van der Waals surface area contributed by atoms with Crippen LogP contribution in [-0.4, -0.2) is 42.1 Å². The average molecular weight is 483 g/mol. The van der Waals surface area contributed by atoms with E-state index >= 15 is 0 Å². The van der Waals surface area contributed by atoms with E-state index in [1.54, 1.807) is 19.1 Å². The molecule has 34 heavy (non-hydrogen) atoms. The summed E-state index contributed by atoms with van der Waals surface area (Å²) in [6, 6.07) is 11.1. The van der Waals surface area contributed by atoms with Crippen molar-refractivity contribution in [1.82, 2.24) is 5.16 Å². The number of aliphatic hydroxyl groups excluding tert-OH is 1. The topological polar surface area (TPSA) is 119 Å². The second kappa shape index (κ2) is 9.03. The van der Waals surface area contributed by atoms with Crippen molar-refractivity contribution in [1.29, 1.82) is 0 Å². The Morgan fingerprint density at radius 1 is 1.09 bits per heavy atom. The molecule has 0 spiro atoms. The number of aryl methyl sites for hydroxylation is 1. The normalized spacial score (nSPS) is 17.2. The minimum Gasteiger partial charge on any atom is -0.507 e. The van der Waals surface area contributed by atoms with Gasteiger partial charge in [0.25, 0.3) is 5.78 Å². The number of anilines is 1. The molecule has 3 aromatic rings. The fourth-order valence-corrected chi connectivity index (χ4v) is 4.00. The van der Waals surface area contributed by atoms with Gasteiger partial charge in [0.05, 0.1) is 36.4 Å². The number of Topliss-reactive ketones (excluding diaryl/α,β-unsaturated/α-hetero) is 1. The molecule has 2 aromatic carbocycles. The van der Waals surface area contributed by atoms with Crippen molar-refractivity contribution in [3.63, 3.8) is 0 Å². The molecule has 174 valence electrons. The van der Waals surface area contributed by atoms with Crippen LogP contribution in [0.5, 0.6) is 5.75 Å². The predicted octanol–water partition coefficient (Wildman–Crippen LogP) is 4.06. The van der Waals surface area contributed by atoms with E-state index in [-0.39, 0.29) is 27.5 Å². The number of benzene rings is 2. The number of ketones is 1. The molecule has 0 saturated carbocycles. The van der Waals surface area contributed by atoms with E-state index in [2.05, 4.69) is 5.16 Å². The van der Waals surface area contributed by atoms with Crippen LogP contribution in [0.2, 0.25) is 5.02 Å². The van der Waals surface area contributed by atoms with Gasteiger partial charge in [0.15, 0.2) is 5.82 Å². The van der Waals surface area contributed by atoms with E-state index in [1.165, 1.54) is 50.6 Å². The average Bonchev–Trinajstić information content (AvgIpc) is 3.38. The molecule has 0 bridgehead atoms. The summed E-state index contributed by atoms with van der Waals surface area (Å²) in [6.45, 7) is 1.65. The summed E-state index contributed by atoms with van der Waals surface area (Å²) in [5.41, 5.74) is 0.783. The molecular formula is C24H19ClN2O7. The Balaban J connectivity index is 1.90. The second-order valence-electron chi connectivity index (χ2n) is 7.43. The van der Waals surface area contributed by atoms with Crippen molar-refractivity contribution >= 4 is 40.8 Å². The van der Waals surface area contributed by atoms with Gasteiger partial charge in [-0.15, -0.1) is 0 Å². The van der Waals surface area contributed by atoms with E-state index in [0.717, 1.165) is 4.90 Å². The monoisotopic (exact) mass is 482 g/mol. The summed E-state index contributed by atoms with van der Waals surface area (Å²) >= 11 is 6.20. The maximum atomic E-state index is 13.1. The van der Waals surface area contributed by atoms with Crippen molar-refractivity contribution in [2.75, 3.05) is 19.1 Å². The number of nitrogens with zero attached hydrogens (tertiary/aromatic N) is 2. The standard InChI is InChI=1S/C24H19ClN2O7/c1-12-10-18(26-34-12)27-20(13-4-6-14(7-5-13)24(31)33-3)19(22(29)23(27)30)21(28)15-8-9-17(32-2)16(25)11-15/h4-11,20,28H,1-3H3/t20-/m0/s1. The fourth-order valence-electron chi connectivity index (χ4n) is 3.74. The van der Waals surface area contributed by atoms with Gasteiger partial charge in [-0.1, -0.05) is 28.9 Å². The Morgan fingerprint density at radius 3 is 2.32 bits per heavy atom. The molecule has 1 aliphatic heterocycles. The molecule has 1 amide bonds. The Morgan fingerprint density at radius 2 is 1.76 bits per heavy atom. The largest absolute Gasteiger partial charge is 0.507 e. The first-order valence-corrected chi connectivity index (χ1v) is 10.4. The van der Waals surface area contributed by atoms with E-state index in [9.17, 15) is 19.5 Å². The number of rotatable bonds is 5. The predicted molar refractivity (Wildman–Crippen MR) is 122 cm³/mol. The highest BCUT2D eigenvalue weighted by atomic mass is 35.5. The third kappa shape index (κ3) is 3.90.